The van der Waals surface area contributed by atoms with Crippen molar-refractivity contribution in [1.82, 2.24) is 0 Å². The van der Waals surface area contributed by atoms with Crippen LogP contribution in [-0.2, 0) is 0 Å². The Labute approximate surface area is 103 Å². The molecule has 0 rings (SSSR count). The van der Waals surface area contributed by atoms with Crippen molar-refractivity contribution in [3.05, 3.63) is 72.7 Å². The summed E-state index contributed by atoms with van der Waals surface area (Å²) in [6, 6.07) is 0. The first-order chi connectivity index (χ1) is 7.82. The predicted octanol–water partition coefficient (Wildman–Crippen LogP) is 4.66. The molecule has 0 fully saturated rings. The predicted molar refractivity (Wildman–Crippen MR) is 74.0 cm³/mol. The van der Waals surface area contributed by atoms with Crippen molar-refractivity contribution in [2.45, 2.75) is 13.8 Å². The van der Waals surface area contributed by atoms with E-state index in [9.17, 15) is 4.39 Å². The molecule has 0 aliphatic rings. The molecule has 0 aliphatic carbocycles. The molecular formula is C16H17F. The lowest BCUT2D eigenvalue weighted by Gasteiger charge is -1.93. The van der Waals surface area contributed by atoms with E-state index in [0.717, 1.165) is 5.57 Å². The molecule has 0 nitrogen and oxygen atoms in total. The van der Waals surface area contributed by atoms with Gasteiger partial charge in [0, 0.05) is 11.1 Å². The van der Waals surface area contributed by atoms with Gasteiger partial charge in [0.05, 0.1) is 0 Å². The van der Waals surface area contributed by atoms with Crippen molar-refractivity contribution in [3.63, 3.8) is 0 Å². The fourth-order valence-electron chi connectivity index (χ4n) is 0.821. The Bertz CT molecular complexity index is 473. The molecule has 0 saturated carbocycles. The zero-order valence-corrected chi connectivity index (χ0v) is 10.4. The average molecular weight is 228 g/mol. The maximum Gasteiger partial charge on any atom is 0.118 e. The van der Waals surface area contributed by atoms with Gasteiger partial charge in [-0.2, -0.15) is 0 Å². The molecule has 0 aromatic carbocycles. The van der Waals surface area contributed by atoms with E-state index >= 15 is 0 Å². The van der Waals surface area contributed by atoms with Crippen LogP contribution in [0.4, 0.5) is 4.39 Å². The van der Waals surface area contributed by atoms with Gasteiger partial charge in [-0.25, -0.2) is 4.39 Å². The van der Waals surface area contributed by atoms with E-state index in [-0.39, 0.29) is 0 Å². The molecule has 0 spiro atoms. The molecule has 0 amide bonds. The van der Waals surface area contributed by atoms with Crippen LogP contribution < -0.4 is 0 Å². The van der Waals surface area contributed by atoms with Gasteiger partial charge in [0.25, 0.3) is 0 Å². The maximum absolute atomic E-state index is 12.7. The van der Waals surface area contributed by atoms with E-state index in [2.05, 4.69) is 38.2 Å². The molecule has 0 aliphatic heterocycles. The lowest BCUT2D eigenvalue weighted by molar-refractivity contribution is 0.656. The van der Waals surface area contributed by atoms with Gasteiger partial charge >= 0.3 is 0 Å². The number of halogens is 1. The normalized spacial score (nSPS) is 10.6. The third-order valence-corrected chi connectivity index (χ3v) is 1.77. The van der Waals surface area contributed by atoms with Crippen LogP contribution in [0.25, 0.3) is 0 Å². The average Bonchev–Trinajstić information content (AvgIpc) is 2.23. The fraction of sp³-hybridized carbons (Fsp3) is 0.125. The lowest BCUT2D eigenvalue weighted by Crippen LogP contribution is -1.77. The van der Waals surface area contributed by atoms with Gasteiger partial charge in [-0.3, -0.25) is 0 Å². The zero-order valence-electron chi connectivity index (χ0n) is 10.4. The fourth-order valence-corrected chi connectivity index (χ4v) is 0.821. The molecule has 0 radical (unpaired) electrons. The zero-order chi connectivity index (χ0) is 13.4. The molecule has 0 saturated heterocycles. The van der Waals surface area contributed by atoms with Crippen LogP contribution in [-0.4, -0.2) is 0 Å². The number of allylic oxidation sites excluding steroid dienone is 8. The van der Waals surface area contributed by atoms with Crippen molar-refractivity contribution in [3.8, 4) is 11.8 Å². The number of rotatable bonds is 4. The summed E-state index contributed by atoms with van der Waals surface area (Å²) in [6.45, 7) is 17.9. The molecule has 0 bridgehead atoms. The van der Waals surface area contributed by atoms with Crippen molar-refractivity contribution in [2.24, 2.45) is 0 Å². The topological polar surface area (TPSA) is 0 Å². The molecule has 17 heavy (non-hydrogen) atoms. The first kappa shape index (κ1) is 14.9. The summed E-state index contributed by atoms with van der Waals surface area (Å²) < 4.78 is 12.7. The highest BCUT2D eigenvalue weighted by Gasteiger charge is 1.93. The molecule has 0 aromatic heterocycles. The summed E-state index contributed by atoms with van der Waals surface area (Å²) in [5, 5.41) is 0. The Morgan fingerprint density at radius 2 is 1.47 bits per heavy atom. The Morgan fingerprint density at radius 3 is 1.94 bits per heavy atom. The van der Waals surface area contributed by atoms with Crippen LogP contribution in [0.1, 0.15) is 13.8 Å². The highest BCUT2D eigenvalue weighted by molar-refractivity contribution is 5.47. The van der Waals surface area contributed by atoms with E-state index in [4.69, 9.17) is 0 Å². The Hall–Kier alpha value is -2.07. The molecule has 0 unspecified atom stereocenters. The minimum absolute atomic E-state index is 0.424. The van der Waals surface area contributed by atoms with Crippen LogP contribution in [0.2, 0.25) is 0 Å². The van der Waals surface area contributed by atoms with E-state index in [1.807, 2.05) is 13.0 Å². The van der Waals surface area contributed by atoms with Gasteiger partial charge < -0.3 is 0 Å². The largest absolute Gasteiger partial charge is 0.207 e. The lowest BCUT2D eigenvalue weighted by atomic mass is 10.1. The van der Waals surface area contributed by atoms with Crippen molar-refractivity contribution in [1.29, 1.82) is 0 Å². The summed E-state index contributed by atoms with van der Waals surface area (Å²) in [6.07, 6.45) is 5.14. The second-order valence-corrected chi connectivity index (χ2v) is 3.71. The first-order valence-corrected chi connectivity index (χ1v) is 5.09. The van der Waals surface area contributed by atoms with Crippen molar-refractivity contribution in [2.75, 3.05) is 0 Å². The third kappa shape index (κ3) is 7.81. The second-order valence-electron chi connectivity index (χ2n) is 3.71. The van der Waals surface area contributed by atoms with Crippen LogP contribution >= 0.6 is 0 Å². The minimum Gasteiger partial charge on any atom is -0.207 e. The van der Waals surface area contributed by atoms with Gasteiger partial charge in [-0.1, -0.05) is 49.8 Å². The molecule has 0 heterocycles. The summed E-state index contributed by atoms with van der Waals surface area (Å²) in [5.74, 6) is 5.12. The quantitative estimate of drug-likeness (QED) is 0.484. The summed E-state index contributed by atoms with van der Waals surface area (Å²) in [5.41, 5.74) is 2.52. The summed E-state index contributed by atoms with van der Waals surface area (Å²) in [7, 11) is 0. The second kappa shape index (κ2) is 7.24. The van der Waals surface area contributed by atoms with E-state index < -0.39 is 5.83 Å². The monoisotopic (exact) mass is 228 g/mol. The van der Waals surface area contributed by atoms with Crippen LogP contribution in [0.3, 0.4) is 0 Å². The number of hydrogen-bond donors (Lipinski definition) is 0. The highest BCUT2D eigenvalue weighted by atomic mass is 19.1. The molecule has 0 aromatic rings. The molecule has 1 heteroatoms. The highest BCUT2D eigenvalue weighted by Crippen LogP contribution is 2.09. The van der Waals surface area contributed by atoms with E-state index in [1.54, 1.807) is 19.1 Å². The number of hydrogen-bond acceptors (Lipinski definition) is 0. The summed E-state index contributed by atoms with van der Waals surface area (Å²) >= 11 is 0. The molecule has 88 valence electrons. The van der Waals surface area contributed by atoms with Gasteiger partial charge in [-0.15, -0.1) is 0 Å². The van der Waals surface area contributed by atoms with Crippen molar-refractivity contribution < 1.29 is 4.39 Å². The first-order valence-electron chi connectivity index (χ1n) is 5.09. The maximum atomic E-state index is 12.7. The minimum atomic E-state index is -0.478. The Morgan fingerprint density at radius 1 is 0.941 bits per heavy atom. The standard InChI is InChI=1S/C16H17F/c1-12(2)7-8-13(3)9-10-14(4)11-15(5)16(6)17/h7-8,11H,1,3-4,6H2,2,5H3/b8-7-,15-11-. The van der Waals surface area contributed by atoms with E-state index in [1.165, 1.54) is 0 Å². The summed E-state index contributed by atoms with van der Waals surface area (Å²) in [4.78, 5) is 0. The Balaban J connectivity index is 4.62. The SMILES string of the molecule is C=C(C)/C=C\C(=C)C#CC(=C)/C=C(/C)C(=C)F. The van der Waals surface area contributed by atoms with Gasteiger partial charge in [0.15, 0.2) is 0 Å². The molecular weight excluding hydrogens is 211 g/mol. The van der Waals surface area contributed by atoms with Crippen LogP contribution in [0.5, 0.6) is 0 Å². The van der Waals surface area contributed by atoms with E-state index in [0.29, 0.717) is 16.7 Å². The van der Waals surface area contributed by atoms with Gasteiger partial charge in [-0.05, 0) is 31.6 Å². The van der Waals surface area contributed by atoms with Crippen molar-refractivity contribution >= 4 is 0 Å². The Kier molecular flexibility index (Phi) is 6.36. The van der Waals surface area contributed by atoms with Gasteiger partial charge in [0.1, 0.15) is 5.83 Å². The van der Waals surface area contributed by atoms with Crippen LogP contribution in [0.15, 0.2) is 72.7 Å². The molecule has 0 N–H and O–H groups in total. The smallest absolute Gasteiger partial charge is 0.118 e. The third-order valence-electron chi connectivity index (χ3n) is 1.77. The van der Waals surface area contributed by atoms with Gasteiger partial charge in [0.2, 0.25) is 0 Å². The van der Waals surface area contributed by atoms with Crippen LogP contribution in [0, 0.1) is 11.8 Å². The molecule has 0 atom stereocenters.